The van der Waals surface area contributed by atoms with Gasteiger partial charge in [0.15, 0.2) is 5.54 Å². The van der Waals surface area contributed by atoms with Gasteiger partial charge in [-0.2, -0.15) is 0 Å². The fourth-order valence-corrected chi connectivity index (χ4v) is 3.05. The van der Waals surface area contributed by atoms with E-state index < -0.39 is 23.2 Å². The first-order valence-corrected chi connectivity index (χ1v) is 9.07. The van der Waals surface area contributed by atoms with Crippen LogP contribution in [0.5, 0.6) is 0 Å². The average Bonchev–Trinajstić information content (AvgIpc) is 2.65. The van der Waals surface area contributed by atoms with Gasteiger partial charge in [-0.1, -0.05) is 41.5 Å². The molecular weight excluding hydrogens is 360 g/mol. The first kappa shape index (κ1) is 21.3. The lowest BCUT2D eigenvalue weighted by atomic mass is 9.83. The minimum Gasteiger partial charge on any atom is -0.460 e. The van der Waals surface area contributed by atoms with Gasteiger partial charge in [-0.15, -0.1) is 6.58 Å². The summed E-state index contributed by atoms with van der Waals surface area (Å²) in [6, 6.07) is 9.19. The highest BCUT2D eigenvalue weighted by molar-refractivity contribution is 5.83. The second kappa shape index (κ2) is 8.80. The second-order valence-electron chi connectivity index (χ2n) is 7.84. The molecule has 150 valence electrons. The predicted octanol–water partition coefficient (Wildman–Crippen LogP) is 4.22. The van der Waals surface area contributed by atoms with Crippen molar-refractivity contribution in [1.29, 1.82) is 0 Å². The topological polar surface area (TPSA) is 105 Å². The number of rotatable bonds is 5. The van der Waals surface area contributed by atoms with Gasteiger partial charge in [0.25, 0.3) is 0 Å². The monoisotopic (exact) mass is 386 g/mol. The Bertz CT molecular complexity index is 768. The van der Waals surface area contributed by atoms with Crippen LogP contribution >= 0.6 is 0 Å². The summed E-state index contributed by atoms with van der Waals surface area (Å²) in [5, 5.41) is 3.76. The number of likely N-dealkylation sites (tertiary alicyclic amines) is 1. The molecule has 0 spiro atoms. The van der Waals surface area contributed by atoms with Crippen LogP contribution in [0.2, 0.25) is 0 Å². The van der Waals surface area contributed by atoms with Crippen molar-refractivity contribution in [3.05, 3.63) is 59.0 Å². The van der Waals surface area contributed by atoms with E-state index in [2.05, 4.69) is 16.6 Å². The first-order chi connectivity index (χ1) is 13.2. The van der Waals surface area contributed by atoms with Crippen LogP contribution < -0.4 is 0 Å². The number of ether oxygens (including phenoxy) is 2. The number of hydrogen-bond acceptors (Lipinski definition) is 5. The molecule has 1 aromatic carbocycles. The number of amides is 1. The number of piperidine rings is 1. The summed E-state index contributed by atoms with van der Waals surface area (Å²) < 4.78 is 10.8. The molecule has 1 aliphatic heterocycles. The summed E-state index contributed by atoms with van der Waals surface area (Å²) in [5.74, 6) is -0.912. The standard InChI is InChI=1S/C20H26N4O4/c1-5-15-11-20(22-23-21,14-24(12-15)18(26)28-19(2,3)4)17(25)27-13-16-9-7-6-8-10-16/h5-10,15H,1,11-14H2,2-4H3/t15-,20-/m0/s1. The van der Waals surface area contributed by atoms with Crippen molar-refractivity contribution in [1.82, 2.24) is 4.90 Å². The Morgan fingerprint density at radius 2 is 2.07 bits per heavy atom. The fourth-order valence-electron chi connectivity index (χ4n) is 3.05. The molecule has 1 aliphatic rings. The van der Waals surface area contributed by atoms with Crippen LogP contribution in [-0.4, -0.2) is 41.2 Å². The Kier molecular flexibility index (Phi) is 6.70. The normalized spacial score (nSPS) is 22.0. The van der Waals surface area contributed by atoms with E-state index in [9.17, 15) is 9.59 Å². The molecule has 28 heavy (non-hydrogen) atoms. The largest absolute Gasteiger partial charge is 0.460 e. The quantitative estimate of drug-likeness (QED) is 0.248. The van der Waals surface area contributed by atoms with Crippen molar-refractivity contribution in [2.75, 3.05) is 13.1 Å². The molecule has 1 saturated heterocycles. The minimum atomic E-state index is -1.53. The number of carbonyl (C=O) groups excluding carboxylic acids is 2. The van der Waals surface area contributed by atoms with Gasteiger partial charge in [-0.25, -0.2) is 4.79 Å². The molecule has 1 fully saturated rings. The summed E-state index contributed by atoms with van der Waals surface area (Å²) in [5.41, 5.74) is 7.67. The number of benzene rings is 1. The minimum absolute atomic E-state index is 0.0492. The maximum atomic E-state index is 12.9. The highest BCUT2D eigenvalue weighted by Crippen LogP contribution is 2.32. The van der Waals surface area contributed by atoms with Gasteiger partial charge in [0.05, 0.1) is 0 Å². The molecule has 0 bridgehead atoms. The van der Waals surface area contributed by atoms with Crippen LogP contribution in [0.1, 0.15) is 32.8 Å². The van der Waals surface area contributed by atoms with E-state index in [4.69, 9.17) is 15.0 Å². The number of nitrogens with zero attached hydrogens (tertiary/aromatic N) is 4. The molecule has 0 aliphatic carbocycles. The molecular formula is C20H26N4O4. The first-order valence-electron chi connectivity index (χ1n) is 9.07. The molecule has 0 saturated carbocycles. The second-order valence-corrected chi connectivity index (χ2v) is 7.84. The molecule has 0 radical (unpaired) electrons. The SMILES string of the molecule is C=C[C@@H]1CN(C(=O)OC(C)(C)C)C[C@](N=[N+]=[N-])(C(=O)OCc2ccccc2)C1. The van der Waals surface area contributed by atoms with Gasteiger partial charge in [0.2, 0.25) is 0 Å². The zero-order valence-corrected chi connectivity index (χ0v) is 16.5. The third-order valence-corrected chi connectivity index (χ3v) is 4.32. The molecule has 1 heterocycles. The summed E-state index contributed by atoms with van der Waals surface area (Å²) in [4.78, 5) is 29.7. The Balaban J connectivity index is 2.23. The van der Waals surface area contributed by atoms with Crippen LogP contribution in [0.4, 0.5) is 4.79 Å². The van der Waals surface area contributed by atoms with Crippen molar-refractivity contribution in [2.24, 2.45) is 11.0 Å². The van der Waals surface area contributed by atoms with Gasteiger partial charge in [0.1, 0.15) is 12.2 Å². The lowest BCUT2D eigenvalue weighted by molar-refractivity contribution is -0.154. The highest BCUT2D eigenvalue weighted by Gasteiger charge is 2.48. The molecule has 2 rings (SSSR count). The van der Waals surface area contributed by atoms with Gasteiger partial charge >= 0.3 is 12.1 Å². The maximum absolute atomic E-state index is 12.9. The highest BCUT2D eigenvalue weighted by atomic mass is 16.6. The summed E-state index contributed by atoms with van der Waals surface area (Å²) in [6.07, 6.45) is 1.28. The van der Waals surface area contributed by atoms with Crippen LogP contribution in [0, 0.1) is 5.92 Å². The molecule has 8 heteroatoms. The number of azide groups is 1. The van der Waals surface area contributed by atoms with Crippen molar-refractivity contribution >= 4 is 12.1 Å². The average molecular weight is 386 g/mol. The van der Waals surface area contributed by atoms with Gasteiger partial charge in [-0.05, 0) is 44.2 Å². The van der Waals surface area contributed by atoms with Crippen molar-refractivity contribution < 1.29 is 19.1 Å². The van der Waals surface area contributed by atoms with Crippen molar-refractivity contribution in [2.45, 2.75) is 44.9 Å². The van der Waals surface area contributed by atoms with E-state index in [1.165, 1.54) is 4.90 Å². The summed E-state index contributed by atoms with van der Waals surface area (Å²) in [6.45, 7) is 9.31. The van der Waals surface area contributed by atoms with Gasteiger partial charge in [0, 0.05) is 18.0 Å². The maximum Gasteiger partial charge on any atom is 0.410 e. The molecule has 1 amide bonds. The smallest absolute Gasteiger partial charge is 0.410 e. The van der Waals surface area contributed by atoms with E-state index >= 15 is 0 Å². The molecule has 2 atom stereocenters. The van der Waals surface area contributed by atoms with E-state index in [-0.39, 0.29) is 25.5 Å². The third-order valence-electron chi connectivity index (χ3n) is 4.32. The zero-order chi connectivity index (χ0) is 20.8. The molecule has 0 unspecified atom stereocenters. The van der Waals surface area contributed by atoms with E-state index in [0.717, 1.165) is 5.56 Å². The van der Waals surface area contributed by atoms with Crippen LogP contribution in [-0.2, 0) is 20.9 Å². The summed E-state index contributed by atoms with van der Waals surface area (Å²) >= 11 is 0. The Morgan fingerprint density at radius 1 is 1.39 bits per heavy atom. The van der Waals surface area contributed by atoms with E-state index in [1.54, 1.807) is 26.8 Å². The van der Waals surface area contributed by atoms with Crippen molar-refractivity contribution in [3.8, 4) is 0 Å². The Hall–Kier alpha value is -2.99. The lowest BCUT2D eigenvalue weighted by Gasteiger charge is -2.41. The van der Waals surface area contributed by atoms with E-state index in [0.29, 0.717) is 6.54 Å². The summed E-state index contributed by atoms with van der Waals surface area (Å²) in [7, 11) is 0. The molecule has 0 aromatic heterocycles. The number of esters is 1. The molecule has 0 N–H and O–H groups in total. The van der Waals surface area contributed by atoms with Crippen LogP contribution in [0.3, 0.4) is 0 Å². The molecule has 8 nitrogen and oxygen atoms in total. The van der Waals surface area contributed by atoms with Gasteiger partial charge in [-0.3, -0.25) is 4.79 Å². The van der Waals surface area contributed by atoms with Gasteiger partial charge < -0.3 is 14.4 Å². The third kappa shape index (κ3) is 5.50. The fraction of sp³-hybridized carbons (Fsp3) is 0.500. The Morgan fingerprint density at radius 3 is 2.64 bits per heavy atom. The van der Waals surface area contributed by atoms with Crippen LogP contribution in [0.15, 0.2) is 48.1 Å². The van der Waals surface area contributed by atoms with E-state index in [1.807, 2.05) is 30.3 Å². The lowest BCUT2D eigenvalue weighted by Crippen LogP contribution is -2.57. The predicted molar refractivity (Wildman–Crippen MR) is 104 cm³/mol. The molecule has 1 aromatic rings. The Labute approximate surface area is 164 Å². The number of carbonyl (C=O) groups is 2. The number of hydrogen-bond donors (Lipinski definition) is 0. The zero-order valence-electron chi connectivity index (χ0n) is 16.5. The van der Waals surface area contributed by atoms with Crippen molar-refractivity contribution in [3.63, 3.8) is 0 Å². The van der Waals surface area contributed by atoms with Crippen LogP contribution in [0.25, 0.3) is 10.4 Å².